The van der Waals surface area contributed by atoms with Gasteiger partial charge in [0, 0.05) is 11.2 Å². The molecule has 2 aliphatic heterocycles. The maximum absolute atomic E-state index is 6.22. The van der Waals surface area contributed by atoms with E-state index >= 15 is 0 Å². The van der Waals surface area contributed by atoms with E-state index in [1.807, 2.05) is 0 Å². The fourth-order valence-corrected chi connectivity index (χ4v) is 3.38. The molecule has 0 aliphatic carbocycles. The molecule has 3 heterocycles. The van der Waals surface area contributed by atoms with Gasteiger partial charge >= 0.3 is 7.12 Å². The second-order valence-corrected chi connectivity index (χ2v) is 7.60. The third kappa shape index (κ3) is 2.51. The monoisotopic (exact) mass is 305 g/mol. The van der Waals surface area contributed by atoms with Crippen LogP contribution in [0.25, 0.3) is 0 Å². The minimum Gasteiger partial charge on any atom is -0.399 e. The average molecular weight is 305 g/mol. The van der Waals surface area contributed by atoms with Crippen LogP contribution in [0.4, 0.5) is 0 Å². The van der Waals surface area contributed by atoms with E-state index in [1.165, 1.54) is 5.69 Å². The first-order valence-electron chi connectivity index (χ1n) is 8.35. The van der Waals surface area contributed by atoms with Gasteiger partial charge in [-0.3, -0.25) is 4.68 Å². The minimum absolute atomic E-state index is 0.312. The molecular weight excluding hydrogens is 277 g/mol. The first-order chi connectivity index (χ1) is 10.2. The molecule has 1 aromatic rings. The Morgan fingerprint density at radius 1 is 1.09 bits per heavy atom. The zero-order chi connectivity index (χ0) is 16.1. The lowest BCUT2D eigenvalue weighted by Crippen LogP contribution is -2.41. The molecule has 6 heteroatoms. The quantitative estimate of drug-likeness (QED) is 0.845. The Kier molecular flexibility index (Phi) is 3.90. The summed E-state index contributed by atoms with van der Waals surface area (Å²) >= 11 is 0. The minimum atomic E-state index is -0.319. The fourth-order valence-electron chi connectivity index (χ4n) is 3.38. The number of aryl methyl sites for hydroxylation is 1. The van der Waals surface area contributed by atoms with E-state index < -0.39 is 0 Å². The first-order valence-corrected chi connectivity index (χ1v) is 8.35. The summed E-state index contributed by atoms with van der Waals surface area (Å²) < 4.78 is 14.6. The molecule has 3 rings (SSSR count). The number of piperidine rings is 1. The molecule has 0 saturated carbocycles. The van der Waals surface area contributed by atoms with Gasteiger partial charge < -0.3 is 14.6 Å². The molecule has 5 nitrogen and oxygen atoms in total. The highest BCUT2D eigenvalue weighted by molar-refractivity contribution is 6.63. The maximum atomic E-state index is 6.22. The molecule has 0 radical (unpaired) electrons. The van der Waals surface area contributed by atoms with Gasteiger partial charge in [-0.2, -0.15) is 5.10 Å². The predicted octanol–water partition coefficient (Wildman–Crippen LogP) is 1.72. The van der Waals surface area contributed by atoms with Crippen LogP contribution in [0, 0.1) is 13.8 Å². The molecule has 2 fully saturated rings. The Bertz CT molecular complexity index is 546. The largest absolute Gasteiger partial charge is 0.498 e. The van der Waals surface area contributed by atoms with Crippen LogP contribution in [0.2, 0.25) is 0 Å². The second kappa shape index (κ2) is 5.36. The summed E-state index contributed by atoms with van der Waals surface area (Å²) in [5.74, 6) is 0. The Balaban J connectivity index is 1.91. The van der Waals surface area contributed by atoms with Crippen LogP contribution in [0.5, 0.6) is 0 Å². The number of nitrogens with one attached hydrogen (secondary N) is 1. The SMILES string of the molecule is Cc1nn(C2CCNCC2)c(C)c1B1OC(C)(C)C(C)(C)O1. The molecule has 1 aromatic heterocycles. The van der Waals surface area contributed by atoms with Gasteiger partial charge in [0.15, 0.2) is 0 Å². The Hall–Kier alpha value is -0.845. The number of aromatic nitrogens is 2. The van der Waals surface area contributed by atoms with Crippen LogP contribution in [0.1, 0.15) is 58.0 Å². The summed E-state index contributed by atoms with van der Waals surface area (Å²) in [6.07, 6.45) is 2.26. The van der Waals surface area contributed by atoms with E-state index in [2.05, 4.69) is 51.5 Å². The second-order valence-electron chi connectivity index (χ2n) is 7.60. The molecule has 0 aromatic carbocycles. The van der Waals surface area contributed by atoms with E-state index in [-0.39, 0.29) is 18.3 Å². The van der Waals surface area contributed by atoms with Crippen LogP contribution in [-0.2, 0) is 9.31 Å². The number of nitrogens with zero attached hydrogens (tertiary/aromatic N) is 2. The highest BCUT2D eigenvalue weighted by Gasteiger charge is 2.53. The van der Waals surface area contributed by atoms with Gasteiger partial charge in [0.2, 0.25) is 0 Å². The van der Waals surface area contributed by atoms with Crippen LogP contribution in [0.15, 0.2) is 0 Å². The van der Waals surface area contributed by atoms with Gasteiger partial charge in [0.05, 0.1) is 22.9 Å². The standard InChI is InChI=1S/C16H28BN3O2/c1-11-14(17-21-15(3,4)16(5,6)22-17)12(2)20(19-11)13-7-9-18-10-8-13/h13,18H,7-10H2,1-6H3. The Morgan fingerprint density at radius 3 is 2.18 bits per heavy atom. The number of hydrogen-bond donors (Lipinski definition) is 1. The summed E-state index contributed by atoms with van der Waals surface area (Å²) in [5.41, 5.74) is 2.69. The van der Waals surface area contributed by atoms with Crippen molar-refractivity contribution in [1.82, 2.24) is 15.1 Å². The van der Waals surface area contributed by atoms with Gasteiger partial charge in [-0.1, -0.05) is 0 Å². The molecule has 2 aliphatic rings. The summed E-state index contributed by atoms with van der Waals surface area (Å²) in [7, 11) is -0.319. The van der Waals surface area contributed by atoms with Crippen molar-refractivity contribution in [1.29, 1.82) is 0 Å². The third-order valence-electron chi connectivity index (χ3n) is 5.52. The molecule has 0 atom stereocenters. The highest BCUT2D eigenvalue weighted by Crippen LogP contribution is 2.37. The molecule has 0 spiro atoms. The topological polar surface area (TPSA) is 48.3 Å². The molecule has 22 heavy (non-hydrogen) atoms. The molecule has 1 N–H and O–H groups in total. The van der Waals surface area contributed by atoms with Crippen molar-refractivity contribution in [2.24, 2.45) is 0 Å². The zero-order valence-corrected chi connectivity index (χ0v) is 14.7. The molecular formula is C16H28BN3O2. The van der Waals surface area contributed by atoms with Crippen LogP contribution < -0.4 is 10.8 Å². The lowest BCUT2D eigenvalue weighted by Gasteiger charge is -2.32. The molecule has 0 amide bonds. The molecule has 0 bridgehead atoms. The summed E-state index contributed by atoms with van der Waals surface area (Å²) in [4.78, 5) is 0. The van der Waals surface area contributed by atoms with Crippen LogP contribution in [-0.4, -0.2) is 41.2 Å². The molecule has 0 unspecified atom stereocenters. The van der Waals surface area contributed by atoms with E-state index in [0.29, 0.717) is 6.04 Å². The summed E-state index contributed by atoms with van der Waals surface area (Å²) in [5, 5.41) is 8.21. The van der Waals surface area contributed by atoms with Gasteiger partial charge in [0.1, 0.15) is 0 Å². The smallest absolute Gasteiger partial charge is 0.399 e. The van der Waals surface area contributed by atoms with Crippen molar-refractivity contribution in [3.63, 3.8) is 0 Å². The fraction of sp³-hybridized carbons (Fsp3) is 0.812. The average Bonchev–Trinajstić information content (AvgIpc) is 2.84. The third-order valence-corrected chi connectivity index (χ3v) is 5.52. The summed E-state index contributed by atoms with van der Waals surface area (Å²) in [6.45, 7) is 14.7. The van der Waals surface area contributed by atoms with Crippen molar-refractivity contribution in [3.05, 3.63) is 11.4 Å². The highest BCUT2D eigenvalue weighted by atomic mass is 16.7. The van der Waals surface area contributed by atoms with Crippen molar-refractivity contribution >= 4 is 12.6 Å². The van der Waals surface area contributed by atoms with Crippen LogP contribution in [0.3, 0.4) is 0 Å². The van der Waals surface area contributed by atoms with E-state index in [9.17, 15) is 0 Å². The van der Waals surface area contributed by atoms with Gasteiger partial charge in [0.25, 0.3) is 0 Å². The van der Waals surface area contributed by atoms with Gasteiger partial charge in [-0.25, -0.2) is 0 Å². The first kappa shape index (κ1) is 16.0. The Morgan fingerprint density at radius 2 is 1.64 bits per heavy atom. The normalized spacial score (nSPS) is 24.9. The molecule has 122 valence electrons. The Labute approximate surface area is 133 Å². The number of rotatable bonds is 2. The van der Waals surface area contributed by atoms with Crippen molar-refractivity contribution in [2.75, 3.05) is 13.1 Å². The lowest BCUT2D eigenvalue weighted by molar-refractivity contribution is 0.00578. The van der Waals surface area contributed by atoms with Crippen LogP contribution >= 0.6 is 0 Å². The summed E-state index contributed by atoms with van der Waals surface area (Å²) in [6, 6.07) is 0.483. The van der Waals surface area contributed by atoms with E-state index in [0.717, 1.165) is 37.1 Å². The molecule has 2 saturated heterocycles. The zero-order valence-electron chi connectivity index (χ0n) is 14.7. The van der Waals surface area contributed by atoms with Gasteiger partial charge in [-0.05, 0) is 67.5 Å². The lowest BCUT2D eigenvalue weighted by atomic mass is 9.77. The maximum Gasteiger partial charge on any atom is 0.498 e. The van der Waals surface area contributed by atoms with E-state index in [1.54, 1.807) is 0 Å². The predicted molar refractivity (Wildman–Crippen MR) is 88.6 cm³/mol. The van der Waals surface area contributed by atoms with Gasteiger partial charge in [-0.15, -0.1) is 0 Å². The number of hydrogen-bond acceptors (Lipinski definition) is 4. The van der Waals surface area contributed by atoms with Crippen molar-refractivity contribution in [2.45, 2.75) is 71.6 Å². The van der Waals surface area contributed by atoms with Crippen molar-refractivity contribution in [3.8, 4) is 0 Å². The van der Waals surface area contributed by atoms with Crippen molar-refractivity contribution < 1.29 is 9.31 Å². The van der Waals surface area contributed by atoms with E-state index in [4.69, 9.17) is 14.4 Å².